The monoisotopic (exact) mass is 627 g/mol. The Morgan fingerprint density at radius 1 is 1.02 bits per heavy atom. The lowest BCUT2D eigenvalue weighted by molar-refractivity contribution is -0.137. The molecule has 4 aliphatic rings. The van der Waals surface area contributed by atoms with Crippen LogP contribution in [-0.2, 0) is 16.1 Å². The molecule has 2 aromatic rings. The first-order chi connectivity index (χ1) is 21.2. The summed E-state index contributed by atoms with van der Waals surface area (Å²) in [6, 6.07) is 5.63. The molecule has 1 saturated carbocycles. The van der Waals surface area contributed by atoms with Crippen LogP contribution in [0.25, 0.3) is 0 Å². The molecule has 1 aromatic carbocycles. The van der Waals surface area contributed by atoms with Crippen molar-refractivity contribution in [3.63, 3.8) is 0 Å². The number of hydrogen-bond acceptors (Lipinski definition) is 8. The number of nitrogens with zero attached hydrogens (tertiary/aromatic N) is 7. The number of carbonyl (C=O) groups excluding carboxylic acids is 2. The molecular weight excluding hydrogens is 592 g/mol. The summed E-state index contributed by atoms with van der Waals surface area (Å²) in [6.45, 7) is 5.04. The summed E-state index contributed by atoms with van der Waals surface area (Å²) in [5, 5.41) is 9.33. The normalized spacial score (nSPS) is 24.0. The molecule has 13 heteroatoms. The molecule has 0 radical (unpaired) electrons. The van der Waals surface area contributed by atoms with Crippen molar-refractivity contribution in [3.05, 3.63) is 52.4 Å². The maximum absolute atomic E-state index is 14.4. The molecule has 1 spiro atoms. The molecule has 6 rings (SSSR count). The number of anilines is 1. The Hall–Kier alpha value is -3.56. The summed E-state index contributed by atoms with van der Waals surface area (Å²) in [7, 11) is 0. The average molecular weight is 628 g/mol. The Bertz CT molecular complexity index is 1410. The molecular formula is C31H36ClF2N7O3. The molecule has 1 aromatic heterocycles. The number of rotatable bonds is 6. The number of likely N-dealkylation sites (tertiary alicyclic amines) is 1. The van der Waals surface area contributed by atoms with E-state index in [2.05, 4.69) is 14.9 Å². The van der Waals surface area contributed by atoms with Gasteiger partial charge in [0.2, 0.25) is 5.91 Å². The van der Waals surface area contributed by atoms with Crippen LogP contribution in [0.15, 0.2) is 24.5 Å². The third-order valence-corrected chi connectivity index (χ3v) is 9.88. The summed E-state index contributed by atoms with van der Waals surface area (Å²) < 4.78 is 34.7. The molecule has 0 N–H and O–H groups in total. The number of halogens is 3. The van der Waals surface area contributed by atoms with E-state index in [1.54, 1.807) is 17.0 Å². The summed E-state index contributed by atoms with van der Waals surface area (Å²) in [6.07, 6.45) is 5.74. The summed E-state index contributed by atoms with van der Waals surface area (Å²) in [5.41, 5.74) is -0.671. The number of benzene rings is 1. The van der Waals surface area contributed by atoms with Crippen LogP contribution in [0.3, 0.4) is 0 Å². The highest BCUT2D eigenvalue weighted by molar-refractivity contribution is 6.29. The highest BCUT2D eigenvalue weighted by Crippen LogP contribution is 2.37. The molecule has 2 amide bonds. The third kappa shape index (κ3) is 6.59. The summed E-state index contributed by atoms with van der Waals surface area (Å²) >= 11 is 6.00. The molecule has 3 saturated heterocycles. The zero-order valence-electron chi connectivity index (χ0n) is 24.6. The van der Waals surface area contributed by atoms with Crippen molar-refractivity contribution in [2.45, 2.75) is 50.7 Å². The SMILES string of the molecule is N#Cc1cc(F)c(CN2CCC3(CC2)CN(CC2CCC(C(=O)N4CCN(c5cc(Cl)ncn5)CC4)CC2)C(=O)O3)c(F)c1. The van der Waals surface area contributed by atoms with Crippen molar-refractivity contribution in [2.75, 3.05) is 57.3 Å². The standard InChI is InChI=1S/C31H36ClF2N7O3/c32-27-15-28(37-20-36-27)39-9-11-40(12-10-39)29(42)23-3-1-21(2-4-23)17-41-19-31(44-30(41)43)5-7-38(8-6-31)18-24-25(33)13-22(16-35)14-26(24)34/h13-15,20-21,23H,1-12,17-19H2. The van der Waals surface area contributed by atoms with E-state index in [-0.39, 0.29) is 35.6 Å². The second-order valence-electron chi connectivity index (χ2n) is 12.5. The zero-order chi connectivity index (χ0) is 30.8. The van der Waals surface area contributed by atoms with E-state index in [4.69, 9.17) is 21.6 Å². The van der Waals surface area contributed by atoms with E-state index in [9.17, 15) is 18.4 Å². The number of piperidine rings is 1. The Balaban J connectivity index is 0.939. The fourth-order valence-electron chi connectivity index (χ4n) is 7.07. The number of nitriles is 1. The number of amides is 2. The van der Waals surface area contributed by atoms with E-state index in [0.717, 1.165) is 43.6 Å². The van der Waals surface area contributed by atoms with Crippen molar-refractivity contribution < 1.29 is 23.1 Å². The van der Waals surface area contributed by atoms with Gasteiger partial charge < -0.3 is 19.4 Å². The Morgan fingerprint density at radius 3 is 2.34 bits per heavy atom. The van der Waals surface area contributed by atoms with Crippen molar-refractivity contribution >= 4 is 29.4 Å². The van der Waals surface area contributed by atoms with Crippen LogP contribution < -0.4 is 4.90 Å². The number of carbonyl (C=O) groups is 2. The molecule has 44 heavy (non-hydrogen) atoms. The van der Waals surface area contributed by atoms with Crippen molar-refractivity contribution in [1.82, 2.24) is 24.7 Å². The van der Waals surface area contributed by atoms with E-state index in [1.807, 2.05) is 9.80 Å². The first kappa shape index (κ1) is 30.5. The second-order valence-corrected chi connectivity index (χ2v) is 12.9. The second kappa shape index (κ2) is 12.8. The topological polar surface area (TPSA) is 106 Å². The predicted octanol–water partition coefficient (Wildman–Crippen LogP) is 4.22. The molecule has 1 aliphatic carbocycles. The largest absolute Gasteiger partial charge is 0.441 e. The van der Waals surface area contributed by atoms with Gasteiger partial charge in [-0.3, -0.25) is 9.69 Å². The van der Waals surface area contributed by atoms with Crippen LogP contribution in [0.5, 0.6) is 0 Å². The van der Waals surface area contributed by atoms with Gasteiger partial charge in [0.15, 0.2) is 0 Å². The van der Waals surface area contributed by atoms with Crippen molar-refractivity contribution in [1.29, 1.82) is 5.26 Å². The van der Waals surface area contributed by atoms with E-state index in [1.165, 1.54) is 6.33 Å². The van der Waals surface area contributed by atoms with Gasteiger partial charge in [0.1, 0.15) is 34.5 Å². The fourth-order valence-corrected chi connectivity index (χ4v) is 7.21. The zero-order valence-corrected chi connectivity index (χ0v) is 25.3. The number of aromatic nitrogens is 2. The van der Waals surface area contributed by atoms with E-state index < -0.39 is 17.2 Å². The third-order valence-electron chi connectivity index (χ3n) is 9.67. The van der Waals surface area contributed by atoms with Gasteiger partial charge >= 0.3 is 6.09 Å². The number of ether oxygens (including phenoxy) is 1. The summed E-state index contributed by atoms with van der Waals surface area (Å²) in [5.74, 6) is -0.107. The van der Waals surface area contributed by atoms with Crippen molar-refractivity contribution in [2.24, 2.45) is 11.8 Å². The predicted molar refractivity (Wildman–Crippen MR) is 158 cm³/mol. The van der Waals surface area contributed by atoms with Crippen LogP contribution in [0, 0.1) is 34.8 Å². The Kier molecular flexibility index (Phi) is 8.87. The first-order valence-electron chi connectivity index (χ1n) is 15.3. The maximum Gasteiger partial charge on any atom is 0.410 e. The van der Waals surface area contributed by atoms with Crippen LogP contribution in [-0.4, -0.2) is 94.6 Å². The smallest absolute Gasteiger partial charge is 0.410 e. The quantitative estimate of drug-likeness (QED) is 0.439. The Labute approximate surface area is 260 Å². The van der Waals surface area contributed by atoms with Crippen LogP contribution in [0.2, 0.25) is 5.15 Å². The number of hydrogen-bond donors (Lipinski definition) is 0. The van der Waals surface area contributed by atoms with Gasteiger partial charge in [-0.1, -0.05) is 11.6 Å². The minimum atomic E-state index is -0.719. The molecule has 0 unspecified atom stereocenters. The minimum Gasteiger partial charge on any atom is -0.441 e. The first-order valence-corrected chi connectivity index (χ1v) is 15.7. The fraction of sp³-hybridized carbons (Fsp3) is 0.581. The molecule has 4 fully saturated rings. The molecule has 0 atom stereocenters. The van der Waals surface area contributed by atoms with Gasteiger partial charge in [0.05, 0.1) is 18.2 Å². The lowest BCUT2D eigenvalue weighted by Gasteiger charge is -2.39. The minimum absolute atomic E-state index is 0.0123. The van der Waals surface area contributed by atoms with Crippen molar-refractivity contribution in [3.8, 4) is 6.07 Å². The molecule has 234 valence electrons. The average Bonchev–Trinajstić information content (AvgIpc) is 3.33. The van der Waals surface area contributed by atoms with Crippen LogP contribution in [0.4, 0.5) is 19.4 Å². The highest BCUT2D eigenvalue weighted by atomic mass is 35.5. The molecule has 10 nitrogen and oxygen atoms in total. The lowest BCUT2D eigenvalue weighted by atomic mass is 9.81. The van der Waals surface area contributed by atoms with Gasteiger partial charge in [0.25, 0.3) is 0 Å². The van der Waals surface area contributed by atoms with Crippen LogP contribution >= 0.6 is 11.6 Å². The Morgan fingerprint density at radius 2 is 1.70 bits per heavy atom. The van der Waals surface area contributed by atoms with Gasteiger partial charge in [-0.15, -0.1) is 0 Å². The molecule has 0 bridgehead atoms. The van der Waals surface area contributed by atoms with E-state index in [0.29, 0.717) is 76.3 Å². The number of piperazine rings is 1. The maximum atomic E-state index is 14.4. The van der Waals surface area contributed by atoms with Crippen LogP contribution in [0.1, 0.15) is 49.7 Å². The highest BCUT2D eigenvalue weighted by Gasteiger charge is 2.47. The van der Waals surface area contributed by atoms with Gasteiger partial charge in [-0.2, -0.15) is 5.26 Å². The lowest BCUT2D eigenvalue weighted by Crippen LogP contribution is -2.51. The molecule has 4 heterocycles. The van der Waals surface area contributed by atoms with Gasteiger partial charge in [-0.25, -0.2) is 23.5 Å². The van der Waals surface area contributed by atoms with E-state index >= 15 is 0 Å². The molecule has 3 aliphatic heterocycles. The summed E-state index contributed by atoms with van der Waals surface area (Å²) in [4.78, 5) is 42.2. The van der Waals surface area contributed by atoms with Gasteiger partial charge in [0, 0.05) is 82.7 Å². The van der Waals surface area contributed by atoms with Gasteiger partial charge in [-0.05, 0) is 43.7 Å².